The Labute approximate surface area is 281 Å². The molecule has 49 heavy (non-hydrogen) atoms. The highest BCUT2D eigenvalue weighted by molar-refractivity contribution is 6.31. The van der Waals surface area contributed by atoms with Crippen molar-refractivity contribution in [1.29, 1.82) is 0 Å². The van der Waals surface area contributed by atoms with E-state index in [1.54, 1.807) is 6.92 Å². The van der Waals surface area contributed by atoms with Crippen molar-refractivity contribution in [3.63, 3.8) is 0 Å². The maximum atomic E-state index is 13.9. The second kappa shape index (κ2) is 13.2. The average molecular weight is 682 g/mol. The van der Waals surface area contributed by atoms with Gasteiger partial charge in [-0.2, -0.15) is 0 Å². The third-order valence-corrected chi connectivity index (χ3v) is 9.94. The molecule has 6 atom stereocenters. The van der Waals surface area contributed by atoms with E-state index in [2.05, 4.69) is 0 Å². The minimum absolute atomic E-state index is 0.0438. The number of aliphatic hydroxyl groups excluding tert-OH is 1. The minimum atomic E-state index is -2.50. The predicted molar refractivity (Wildman–Crippen MR) is 167 cm³/mol. The molecule has 2 aromatic carbocycles. The smallest absolute Gasteiger partial charge is 0.306 e. The van der Waals surface area contributed by atoms with Gasteiger partial charge in [0.1, 0.15) is 29.1 Å². The summed E-state index contributed by atoms with van der Waals surface area (Å²) in [4.78, 5) is 65.8. The Morgan fingerprint density at radius 1 is 1.04 bits per heavy atom. The van der Waals surface area contributed by atoms with Gasteiger partial charge in [0, 0.05) is 47.9 Å². The summed E-state index contributed by atoms with van der Waals surface area (Å²) < 4.78 is 22.4. The zero-order chi connectivity index (χ0) is 35.4. The molecule has 262 valence electrons. The molecule has 4 aliphatic rings. The second-order valence-electron chi connectivity index (χ2n) is 13.2. The van der Waals surface area contributed by atoms with Crippen LogP contribution in [-0.4, -0.2) is 93.4 Å². The summed E-state index contributed by atoms with van der Waals surface area (Å²) in [6.45, 7) is 0.652. The number of aromatic hydroxyl groups is 2. The van der Waals surface area contributed by atoms with Crippen LogP contribution in [0.1, 0.15) is 101 Å². The van der Waals surface area contributed by atoms with Crippen molar-refractivity contribution in [1.82, 2.24) is 0 Å². The number of carbonyl (C=O) groups excluding carboxylic acids is 5. The number of esters is 1. The van der Waals surface area contributed by atoms with E-state index in [-0.39, 0.29) is 71.8 Å². The molecule has 0 radical (unpaired) electrons. The van der Waals surface area contributed by atoms with Crippen LogP contribution in [0, 0.1) is 5.92 Å². The molecule has 0 bridgehead atoms. The summed E-state index contributed by atoms with van der Waals surface area (Å²) >= 11 is 0. The Kier molecular flexibility index (Phi) is 9.37. The highest BCUT2D eigenvalue weighted by Crippen LogP contribution is 2.53. The van der Waals surface area contributed by atoms with Gasteiger partial charge in [0.25, 0.3) is 0 Å². The standard InChI is InChI=1S/C35H39NO13/c1-15-29(40)19(36)13-24(48-15)49-34-26-18(11-12-35(34,45)22(38)14-47-23(39)8-4-6-20(37)16-9-10-16)31(42)27-28(33(26)44)32(43)25-17(30(27)41)5-3-7-21(25)46-2/h3,5,7,15-16,19,24,29,34,40,42,44-45H,4,6,8-14,36H2,1-2H3/t15?,19?,24?,29?,34-,35-/m0/s1. The number of phenolic OH excluding ortho intramolecular Hbond substituents is 2. The minimum Gasteiger partial charge on any atom is -0.507 e. The quantitative estimate of drug-likeness (QED) is 0.143. The monoisotopic (exact) mass is 681 g/mol. The maximum absolute atomic E-state index is 13.9. The molecular weight excluding hydrogens is 642 g/mol. The van der Waals surface area contributed by atoms with E-state index in [1.807, 2.05) is 0 Å². The van der Waals surface area contributed by atoms with E-state index in [0.29, 0.717) is 0 Å². The molecule has 0 aromatic heterocycles. The Morgan fingerprint density at radius 2 is 1.76 bits per heavy atom. The lowest BCUT2D eigenvalue weighted by Crippen LogP contribution is -2.55. The third-order valence-electron chi connectivity index (χ3n) is 9.94. The number of carbonyl (C=O) groups is 5. The number of aliphatic hydroxyl groups is 2. The van der Waals surface area contributed by atoms with Crippen LogP contribution in [0.25, 0.3) is 0 Å². The molecule has 14 heteroatoms. The Hall–Kier alpha value is -4.21. The van der Waals surface area contributed by atoms with Crippen LogP contribution < -0.4 is 10.5 Å². The number of benzene rings is 2. The van der Waals surface area contributed by atoms with E-state index in [1.165, 1.54) is 25.3 Å². The number of hydrogen-bond acceptors (Lipinski definition) is 14. The lowest BCUT2D eigenvalue weighted by atomic mass is 9.71. The lowest BCUT2D eigenvalue weighted by Gasteiger charge is -2.44. The SMILES string of the molecule is COc1cccc2c1C(=O)c1c(O)c3c(c(O)c1C2=O)CC[C@](O)(C(=O)COC(=O)CCCC(=O)C1CC1)[C@H]3OC1CC(N)C(O)C(C)O1. The molecule has 1 aliphatic heterocycles. The first-order chi connectivity index (χ1) is 23.3. The number of Topliss-reactive ketones (excluding diaryl/α,β-unsaturated/α-hetero) is 2. The number of ketones is 4. The van der Waals surface area contributed by atoms with Crippen molar-refractivity contribution in [2.45, 2.75) is 94.5 Å². The maximum Gasteiger partial charge on any atom is 0.306 e. The van der Waals surface area contributed by atoms with Gasteiger partial charge in [-0.25, -0.2) is 0 Å². The van der Waals surface area contributed by atoms with Crippen molar-refractivity contribution >= 4 is 29.1 Å². The molecule has 2 fully saturated rings. The molecule has 1 saturated heterocycles. The van der Waals surface area contributed by atoms with Crippen LogP contribution in [0.15, 0.2) is 18.2 Å². The summed E-state index contributed by atoms with van der Waals surface area (Å²) in [5.74, 6) is -4.61. The average Bonchev–Trinajstić information content (AvgIpc) is 3.93. The van der Waals surface area contributed by atoms with Gasteiger partial charge in [-0.15, -0.1) is 0 Å². The molecule has 14 nitrogen and oxygen atoms in total. The van der Waals surface area contributed by atoms with Gasteiger partial charge in [0.2, 0.25) is 11.6 Å². The first-order valence-electron chi connectivity index (χ1n) is 16.3. The number of rotatable bonds is 11. The molecule has 6 N–H and O–H groups in total. The van der Waals surface area contributed by atoms with Crippen molar-refractivity contribution in [3.05, 3.63) is 51.6 Å². The molecule has 0 amide bonds. The van der Waals surface area contributed by atoms with Gasteiger partial charge in [-0.3, -0.25) is 24.0 Å². The molecule has 4 unspecified atom stereocenters. The number of methoxy groups -OCH3 is 1. The summed E-state index contributed by atoms with van der Waals surface area (Å²) in [5, 5.41) is 45.7. The van der Waals surface area contributed by atoms with Crippen LogP contribution in [-0.2, 0) is 35.0 Å². The van der Waals surface area contributed by atoms with Crippen molar-refractivity contribution in [3.8, 4) is 17.2 Å². The molecule has 3 aliphatic carbocycles. The van der Waals surface area contributed by atoms with Gasteiger partial charge >= 0.3 is 5.97 Å². The summed E-state index contributed by atoms with van der Waals surface area (Å²) in [7, 11) is 1.30. The summed E-state index contributed by atoms with van der Waals surface area (Å²) in [5.41, 5.74) is 2.01. The van der Waals surface area contributed by atoms with Gasteiger partial charge in [-0.1, -0.05) is 12.1 Å². The largest absolute Gasteiger partial charge is 0.507 e. The van der Waals surface area contributed by atoms with E-state index >= 15 is 0 Å². The van der Waals surface area contributed by atoms with E-state index in [4.69, 9.17) is 24.7 Å². The van der Waals surface area contributed by atoms with Crippen LogP contribution in [0.2, 0.25) is 0 Å². The lowest BCUT2D eigenvalue weighted by molar-refractivity contribution is -0.265. The van der Waals surface area contributed by atoms with Crippen LogP contribution in [0.3, 0.4) is 0 Å². The third kappa shape index (κ3) is 6.12. The summed E-state index contributed by atoms with van der Waals surface area (Å²) in [6.07, 6.45) is -3.69. The van der Waals surface area contributed by atoms with E-state index in [9.17, 15) is 44.4 Å². The van der Waals surface area contributed by atoms with Crippen molar-refractivity contribution in [2.75, 3.05) is 13.7 Å². The second-order valence-corrected chi connectivity index (χ2v) is 13.2. The van der Waals surface area contributed by atoms with Gasteiger partial charge < -0.3 is 45.1 Å². The number of fused-ring (bicyclic) bond motifs is 3. The highest BCUT2D eigenvalue weighted by Gasteiger charge is 2.54. The molecular formula is C35H39NO13. The molecule has 1 saturated carbocycles. The van der Waals surface area contributed by atoms with E-state index < -0.39 is 95.2 Å². The molecule has 6 rings (SSSR count). The van der Waals surface area contributed by atoms with Gasteiger partial charge in [-0.05, 0) is 45.1 Å². The Balaban J connectivity index is 1.35. The molecule has 1 heterocycles. The number of phenols is 2. The number of nitrogens with two attached hydrogens (primary N) is 1. The van der Waals surface area contributed by atoms with Crippen molar-refractivity contribution in [2.24, 2.45) is 11.7 Å². The Morgan fingerprint density at radius 3 is 2.43 bits per heavy atom. The molecule has 2 aromatic rings. The first kappa shape index (κ1) is 34.6. The first-order valence-corrected chi connectivity index (χ1v) is 16.3. The topological polar surface area (TPSA) is 229 Å². The van der Waals surface area contributed by atoms with Crippen LogP contribution in [0.4, 0.5) is 0 Å². The number of ether oxygens (including phenoxy) is 4. The summed E-state index contributed by atoms with van der Waals surface area (Å²) in [6, 6.07) is 3.53. The predicted octanol–water partition coefficient (Wildman–Crippen LogP) is 1.70. The van der Waals surface area contributed by atoms with Crippen LogP contribution in [0.5, 0.6) is 17.2 Å². The fraction of sp³-hybridized carbons (Fsp3) is 0.514. The fourth-order valence-corrected chi connectivity index (χ4v) is 6.99. The highest BCUT2D eigenvalue weighted by atomic mass is 16.7. The van der Waals surface area contributed by atoms with Crippen LogP contribution >= 0.6 is 0 Å². The number of hydrogen-bond donors (Lipinski definition) is 5. The van der Waals surface area contributed by atoms with E-state index in [0.717, 1.165) is 12.8 Å². The van der Waals surface area contributed by atoms with Crippen molar-refractivity contribution < 1.29 is 63.3 Å². The zero-order valence-electron chi connectivity index (χ0n) is 27.1. The molecule has 0 spiro atoms. The Bertz CT molecular complexity index is 1720. The normalized spacial score (nSPS) is 27.5. The van der Waals surface area contributed by atoms with Gasteiger partial charge in [0.05, 0.1) is 36.0 Å². The van der Waals surface area contributed by atoms with Gasteiger partial charge in [0.15, 0.2) is 24.3 Å². The fourth-order valence-electron chi connectivity index (χ4n) is 6.99. The zero-order valence-corrected chi connectivity index (χ0v) is 27.1.